The molecule has 0 aliphatic carbocycles. The highest BCUT2D eigenvalue weighted by Crippen LogP contribution is 2.56. The number of methoxy groups -OCH3 is 2. The van der Waals surface area contributed by atoms with E-state index in [0.717, 1.165) is 0 Å². The number of rotatable bonds is 5. The molecule has 1 radical (unpaired) electrons. The molecule has 28 heavy (non-hydrogen) atoms. The molecule has 0 saturated heterocycles. The normalized spacial score (nSPS) is 12.9. The van der Waals surface area contributed by atoms with E-state index >= 15 is 0 Å². The standard InChI is InChI=1S/C19H16F7O2/c1-11-8-12(10-27-2)16(13-6-4-5-7-15(13)28-3)14(9-11)17(20,18(21,22)23)19(24,25)26/h4-7,9H,10H2,1-3H3. The van der Waals surface area contributed by atoms with Gasteiger partial charge in [0.25, 0.3) is 0 Å². The van der Waals surface area contributed by atoms with Crippen LogP contribution in [0.25, 0.3) is 11.1 Å². The van der Waals surface area contributed by atoms with Crippen molar-refractivity contribution >= 4 is 0 Å². The Morgan fingerprint density at radius 2 is 1.50 bits per heavy atom. The molecule has 0 spiro atoms. The zero-order valence-corrected chi connectivity index (χ0v) is 15.1. The molecule has 0 bridgehead atoms. The number of hydrogen-bond acceptors (Lipinski definition) is 2. The van der Waals surface area contributed by atoms with E-state index < -0.39 is 29.1 Å². The van der Waals surface area contributed by atoms with Gasteiger partial charge < -0.3 is 9.47 Å². The van der Waals surface area contributed by atoms with Crippen LogP contribution in [-0.2, 0) is 17.0 Å². The van der Waals surface area contributed by atoms with Crippen molar-refractivity contribution in [2.45, 2.75) is 31.6 Å². The van der Waals surface area contributed by atoms with Gasteiger partial charge >= 0.3 is 18.0 Å². The first-order valence-corrected chi connectivity index (χ1v) is 7.89. The lowest BCUT2D eigenvalue weighted by Crippen LogP contribution is -2.50. The predicted molar refractivity (Wildman–Crippen MR) is 87.6 cm³/mol. The fourth-order valence-electron chi connectivity index (χ4n) is 2.94. The molecule has 2 nitrogen and oxygen atoms in total. The molecule has 0 aliphatic heterocycles. The molecule has 153 valence electrons. The maximum atomic E-state index is 15.0. The van der Waals surface area contributed by atoms with E-state index in [-0.39, 0.29) is 29.0 Å². The van der Waals surface area contributed by atoms with Crippen molar-refractivity contribution in [1.29, 1.82) is 0 Å². The van der Waals surface area contributed by atoms with Gasteiger partial charge in [0.2, 0.25) is 0 Å². The number of halogens is 7. The van der Waals surface area contributed by atoms with Crippen LogP contribution < -0.4 is 4.74 Å². The molecule has 0 aromatic heterocycles. The van der Waals surface area contributed by atoms with Gasteiger partial charge in [-0.1, -0.05) is 24.3 Å². The number of aryl methyl sites for hydroxylation is 1. The summed E-state index contributed by atoms with van der Waals surface area (Å²) in [5.74, 6) is -0.0231. The summed E-state index contributed by atoms with van der Waals surface area (Å²) in [4.78, 5) is 0. The van der Waals surface area contributed by atoms with Crippen LogP contribution in [0.15, 0.2) is 30.3 Å². The third-order valence-corrected chi connectivity index (χ3v) is 4.10. The monoisotopic (exact) mass is 409 g/mol. The maximum absolute atomic E-state index is 15.0. The van der Waals surface area contributed by atoms with Crippen molar-refractivity contribution in [3.63, 3.8) is 0 Å². The summed E-state index contributed by atoms with van der Waals surface area (Å²) in [5, 5.41) is 0. The van der Waals surface area contributed by atoms with Crippen LogP contribution in [0.5, 0.6) is 5.75 Å². The van der Waals surface area contributed by atoms with Gasteiger partial charge in [-0.15, -0.1) is 0 Å². The van der Waals surface area contributed by atoms with Gasteiger partial charge in [0.1, 0.15) is 5.75 Å². The van der Waals surface area contributed by atoms with Crippen molar-refractivity contribution in [3.8, 4) is 16.9 Å². The van der Waals surface area contributed by atoms with E-state index in [1.807, 2.05) is 0 Å². The SMILES string of the molecule is COCc1[c]c(C)cc(C(F)(C(F)(F)F)C(F)(F)F)c1-c1ccccc1OC. The Kier molecular flexibility index (Phi) is 5.98. The zero-order valence-electron chi connectivity index (χ0n) is 15.1. The van der Waals surface area contributed by atoms with E-state index in [1.54, 1.807) is 0 Å². The van der Waals surface area contributed by atoms with Gasteiger partial charge in [-0.3, -0.25) is 0 Å². The zero-order chi connectivity index (χ0) is 21.3. The summed E-state index contributed by atoms with van der Waals surface area (Å²) >= 11 is 0. The van der Waals surface area contributed by atoms with Crippen molar-refractivity contribution in [2.75, 3.05) is 14.2 Å². The Labute approximate surface area is 156 Å². The highest BCUT2D eigenvalue weighted by atomic mass is 19.4. The molecule has 0 heterocycles. The summed E-state index contributed by atoms with van der Waals surface area (Å²) in [6.45, 7) is 0.843. The van der Waals surface area contributed by atoms with Gasteiger partial charge in [0, 0.05) is 18.2 Å². The van der Waals surface area contributed by atoms with Crippen LogP contribution in [0, 0.1) is 13.0 Å². The highest BCUT2D eigenvalue weighted by molar-refractivity contribution is 5.78. The molecule has 2 aromatic rings. The topological polar surface area (TPSA) is 18.5 Å². The molecule has 9 heteroatoms. The lowest BCUT2D eigenvalue weighted by Gasteiger charge is -2.33. The number of ether oxygens (including phenoxy) is 2. The van der Waals surface area contributed by atoms with E-state index in [9.17, 15) is 30.7 Å². The van der Waals surface area contributed by atoms with E-state index in [4.69, 9.17) is 9.47 Å². The second-order valence-corrected chi connectivity index (χ2v) is 6.01. The number of hydrogen-bond donors (Lipinski definition) is 0. The van der Waals surface area contributed by atoms with E-state index in [1.165, 1.54) is 45.4 Å². The molecule has 0 atom stereocenters. The Bertz CT molecular complexity index is 827. The Morgan fingerprint density at radius 1 is 0.929 bits per heavy atom. The van der Waals surface area contributed by atoms with Crippen LogP contribution in [0.1, 0.15) is 16.7 Å². The summed E-state index contributed by atoms with van der Waals surface area (Å²) in [6, 6.07) is 8.62. The minimum Gasteiger partial charge on any atom is -0.496 e. The average molecular weight is 409 g/mol. The van der Waals surface area contributed by atoms with Crippen LogP contribution in [0.2, 0.25) is 0 Å². The molecule has 2 aromatic carbocycles. The van der Waals surface area contributed by atoms with Gasteiger partial charge in [-0.05, 0) is 35.7 Å². The fourth-order valence-corrected chi connectivity index (χ4v) is 2.94. The van der Waals surface area contributed by atoms with Gasteiger partial charge in [-0.25, -0.2) is 4.39 Å². The third-order valence-electron chi connectivity index (χ3n) is 4.10. The van der Waals surface area contributed by atoms with Gasteiger partial charge in [0.15, 0.2) is 0 Å². The van der Waals surface area contributed by atoms with Crippen molar-refractivity contribution in [2.24, 2.45) is 0 Å². The maximum Gasteiger partial charge on any atom is 0.435 e. The number of alkyl halides is 7. The predicted octanol–water partition coefficient (Wildman–Crippen LogP) is 5.91. The Balaban J connectivity index is 3.03. The molecular weight excluding hydrogens is 393 g/mol. The lowest BCUT2D eigenvalue weighted by atomic mass is 9.83. The molecule has 0 amide bonds. The quantitative estimate of drug-likeness (QED) is 0.572. The second kappa shape index (κ2) is 7.62. The average Bonchev–Trinajstić information content (AvgIpc) is 2.59. The van der Waals surface area contributed by atoms with Crippen LogP contribution in [0.3, 0.4) is 0 Å². The molecule has 0 saturated carbocycles. The summed E-state index contributed by atoms with van der Waals surface area (Å²) in [7, 11) is 2.40. The van der Waals surface area contributed by atoms with Crippen LogP contribution >= 0.6 is 0 Å². The minimum absolute atomic E-state index is 0.0231. The first-order valence-electron chi connectivity index (χ1n) is 7.89. The molecule has 0 N–H and O–H groups in total. The lowest BCUT2D eigenvalue weighted by molar-refractivity contribution is -0.348. The van der Waals surface area contributed by atoms with Gasteiger partial charge in [-0.2, -0.15) is 26.3 Å². The fraction of sp³-hybridized carbons (Fsp3) is 0.368. The molecular formula is C19H16F7O2. The second-order valence-electron chi connectivity index (χ2n) is 6.01. The minimum atomic E-state index is -6.25. The highest BCUT2D eigenvalue weighted by Gasteiger charge is 2.74. The first-order chi connectivity index (χ1) is 12.9. The summed E-state index contributed by atoms with van der Waals surface area (Å²) < 4.78 is 106. The van der Waals surface area contributed by atoms with E-state index in [2.05, 4.69) is 6.07 Å². The summed E-state index contributed by atoms with van der Waals surface area (Å²) in [5.41, 5.74) is -8.20. The third kappa shape index (κ3) is 3.67. The molecule has 0 unspecified atom stereocenters. The van der Waals surface area contributed by atoms with Crippen molar-refractivity contribution in [3.05, 3.63) is 53.1 Å². The van der Waals surface area contributed by atoms with Crippen molar-refractivity contribution in [1.82, 2.24) is 0 Å². The molecule has 0 fully saturated rings. The van der Waals surface area contributed by atoms with Crippen LogP contribution in [0.4, 0.5) is 30.7 Å². The molecule has 2 rings (SSSR count). The largest absolute Gasteiger partial charge is 0.496 e. The summed E-state index contributed by atoms with van der Waals surface area (Å²) in [6.07, 6.45) is -12.5. The van der Waals surface area contributed by atoms with E-state index in [0.29, 0.717) is 6.07 Å². The first kappa shape index (κ1) is 22.0. The van der Waals surface area contributed by atoms with Gasteiger partial charge in [0.05, 0.1) is 13.7 Å². The number of benzene rings is 2. The Hall–Kier alpha value is -2.29. The van der Waals surface area contributed by atoms with Crippen molar-refractivity contribution < 1.29 is 40.2 Å². The van der Waals surface area contributed by atoms with Crippen LogP contribution in [-0.4, -0.2) is 26.6 Å². The smallest absolute Gasteiger partial charge is 0.435 e. The number of para-hydroxylation sites is 1. The molecule has 0 aliphatic rings. The Morgan fingerprint density at radius 3 is 2.00 bits per heavy atom.